The summed E-state index contributed by atoms with van der Waals surface area (Å²) in [7, 11) is 0. The fraction of sp³-hybridized carbons (Fsp3) is 0.533. The smallest absolute Gasteiger partial charge is 0.243 e. The molecule has 0 bridgehead atoms. The van der Waals surface area contributed by atoms with Gasteiger partial charge < -0.3 is 26.0 Å². The summed E-state index contributed by atoms with van der Waals surface area (Å²) >= 11 is 0. The quantitative estimate of drug-likeness (QED) is 0.548. The van der Waals surface area contributed by atoms with Crippen molar-refractivity contribution in [3.8, 4) is 12.3 Å². The van der Waals surface area contributed by atoms with Gasteiger partial charge in [0.2, 0.25) is 11.6 Å². The molecule has 0 aromatic carbocycles. The monoisotopic (exact) mass is 348 g/mol. The van der Waals surface area contributed by atoms with E-state index < -0.39 is 30.7 Å². The second kappa shape index (κ2) is 5.52. The first kappa shape index (κ1) is 16.0. The fourth-order valence-corrected chi connectivity index (χ4v) is 2.95. The first-order chi connectivity index (χ1) is 12.0. The largest absolute Gasteiger partial charge is 0.394 e. The molecule has 1 saturated carbocycles. The van der Waals surface area contributed by atoms with E-state index in [1.807, 2.05) is 5.92 Å². The van der Waals surface area contributed by atoms with Crippen molar-refractivity contribution in [3.05, 3.63) is 6.33 Å². The van der Waals surface area contributed by atoms with E-state index in [1.165, 1.54) is 10.9 Å². The molecule has 2 aliphatic rings. The van der Waals surface area contributed by atoms with Crippen LogP contribution in [0.1, 0.15) is 19.1 Å². The molecule has 4 atom stereocenters. The number of ether oxygens (including phenoxy) is 1. The molecule has 2 aromatic heterocycles. The number of aliphatic hydroxyl groups excluding tert-OH is 2. The molecule has 2 unspecified atom stereocenters. The molecule has 2 aromatic rings. The number of imidazole rings is 1. The third-order valence-corrected chi connectivity index (χ3v) is 4.46. The van der Waals surface area contributed by atoms with Crippen LogP contribution in [-0.4, -0.2) is 60.3 Å². The Bertz CT molecular complexity index is 863. The molecule has 9 nitrogen and oxygen atoms in total. The third kappa shape index (κ3) is 2.39. The van der Waals surface area contributed by atoms with Crippen molar-refractivity contribution in [2.24, 2.45) is 0 Å². The SMILES string of the molecule is C#CC1(F)C(O)[C@@H](CO)O[C@H]1n1cnc2c(NC3CC3)nc(N)nc21. The Kier molecular flexibility index (Phi) is 3.54. The number of nitrogens with one attached hydrogen (secondary N) is 1. The zero-order valence-electron chi connectivity index (χ0n) is 13.1. The number of nitrogens with zero attached hydrogens (tertiary/aromatic N) is 4. The predicted molar refractivity (Wildman–Crippen MR) is 86.1 cm³/mol. The Hall–Kier alpha value is -2.48. The molecule has 2 fully saturated rings. The number of rotatable bonds is 4. The number of fused-ring (bicyclic) bond motifs is 1. The van der Waals surface area contributed by atoms with Crippen LogP contribution < -0.4 is 11.1 Å². The van der Waals surface area contributed by atoms with Gasteiger partial charge in [-0.2, -0.15) is 9.97 Å². The number of nitrogens with two attached hydrogens (primary N) is 1. The minimum absolute atomic E-state index is 0.0141. The summed E-state index contributed by atoms with van der Waals surface area (Å²) in [6.45, 7) is -0.580. The van der Waals surface area contributed by atoms with Crippen molar-refractivity contribution >= 4 is 22.9 Å². The van der Waals surface area contributed by atoms with Gasteiger partial charge in [0.25, 0.3) is 0 Å². The number of nitrogen functional groups attached to an aromatic ring is 1. The zero-order chi connectivity index (χ0) is 17.8. The first-order valence-electron chi connectivity index (χ1n) is 7.85. The molecule has 1 saturated heterocycles. The van der Waals surface area contributed by atoms with Gasteiger partial charge in [0, 0.05) is 6.04 Å². The molecule has 25 heavy (non-hydrogen) atoms. The molecule has 0 radical (unpaired) electrons. The van der Waals surface area contributed by atoms with Gasteiger partial charge in [-0.25, -0.2) is 9.37 Å². The van der Waals surface area contributed by atoms with Crippen molar-refractivity contribution in [2.45, 2.75) is 43.0 Å². The molecular weight excluding hydrogens is 331 g/mol. The van der Waals surface area contributed by atoms with Gasteiger partial charge in [-0.3, -0.25) is 4.57 Å². The average Bonchev–Trinajstić information content (AvgIpc) is 3.26. The molecule has 0 amide bonds. The second-order valence-electron chi connectivity index (χ2n) is 6.24. The maximum Gasteiger partial charge on any atom is 0.243 e. The van der Waals surface area contributed by atoms with E-state index in [4.69, 9.17) is 16.9 Å². The Balaban J connectivity index is 1.81. The van der Waals surface area contributed by atoms with Crippen molar-refractivity contribution in [1.82, 2.24) is 19.5 Å². The average molecular weight is 348 g/mol. The number of aliphatic hydroxyl groups is 2. The summed E-state index contributed by atoms with van der Waals surface area (Å²) in [4.78, 5) is 12.5. The van der Waals surface area contributed by atoms with E-state index in [9.17, 15) is 10.2 Å². The van der Waals surface area contributed by atoms with E-state index in [0.29, 0.717) is 17.4 Å². The molecule has 1 aliphatic carbocycles. The third-order valence-electron chi connectivity index (χ3n) is 4.46. The first-order valence-corrected chi connectivity index (χ1v) is 7.85. The summed E-state index contributed by atoms with van der Waals surface area (Å²) in [6.07, 6.45) is 4.39. The number of hydrogen-bond donors (Lipinski definition) is 4. The topological polar surface area (TPSA) is 131 Å². The minimum atomic E-state index is -2.55. The maximum absolute atomic E-state index is 15.2. The Morgan fingerprint density at radius 1 is 1.52 bits per heavy atom. The van der Waals surface area contributed by atoms with E-state index in [1.54, 1.807) is 0 Å². The fourth-order valence-electron chi connectivity index (χ4n) is 2.95. The van der Waals surface area contributed by atoms with Gasteiger partial charge in [0.05, 0.1) is 12.9 Å². The number of terminal acetylenes is 1. The van der Waals surface area contributed by atoms with Crippen LogP contribution in [0.3, 0.4) is 0 Å². The summed E-state index contributed by atoms with van der Waals surface area (Å²) in [5.41, 5.74) is 3.83. The van der Waals surface area contributed by atoms with Crippen LogP contribution in [0.15, 0.2) is 6.33 Å². The second-order valence-corrected chi connectivity index (χ2v) is 6.24. The molecule has 0 spiro atoms. The Morgan fingerprint density at radius 2 is 2.28 bits per heavy atom. The van der Waals surface area contributed by atoms with Gasteiger partial charge in [-0.1, -0.05) is 5.92 Å². The molecule has 5 N–H and O–H groups in total. The standard InChI is InChI=1S/C15H17FN6O3/c1-2-15(16)10(24)8(5-23)25-13(15)22-6-18-9-11(19-7-3-4-7)20-14(17)21-12(9)22/h1,6-8,10,13,23-24H,3-5H2,(H3,17,19,20,21)/t8-,10?,13-,15?/m1/s1. The zero-order valence-corrected chi connectivity index (χ0v) is 13.1. The predicted octanol–water partition coefficient (Wildman–Crippen LogP) is -0.425. The number of hydrogen-bond acceptors (Lipinski definition) is 8. The summed E-state index contributed by atoms with van der Waals surface area (Å²) in [6, 6.07) is 0.303. The number of alkyl halides is 1. The maximum atomic E-state index is 15.2. The minimum Gasteiger partial charge on any atom is -0.394 e. The summed E-state index contributed by atoms with van der Waals surface area (Å²) < 4.78 is 21.9. The lowest BCUT2D eigenvalue weighted by molar-refractivity contribution is -0.0504. The van der Waals surface area contributed by atoms with Gasteiger partial charge in [0.15, 0.2) is 23.2 Å². The van der Waals surface area contributed by atoms with Crippen molar-refractivity contribution in [2.75, 3.05) is 17.7 Å². The molecular formula is C15H17FN6O3. The highest BCUT2D eigenvalue weighted by molar-refractivity contribution is 5.84. The molecule has 10 heteroatoms. The van der Waals surface area contributed by atoms with Crippen LogP contribution in [0, 0.1) is 12.3 Å². The normalized spacial score (nSPS) is 32.0. The highest BCUT2D eigenvalue weighted by Gasteiger charge is 2.57. The highest BCUT2D eigenvalue weighted by atomic mass is 19.1. The number of aromatic nitrogens is 4. The van der Waals surface area contributed by atoms with Gasteiger partial charge in [0.1, 0.15) is 12.2 Å². The van der Waals surface area contributed by atoms with E-state index in [2.05, 4.69) is 20.3 Å². The van der Waals surface area contributed by atoms with E-state index in [-0.39, 0.29) is 11.6 Å². The van der Waals surface area contributed by atoms with Crippen molar-refractivity contribution in [3.63, 3.8) is 0 Å². The van der Waals surface area contributed by atoms with E-state index in [0.717, 1.165) is 12.8 Å². The summed E-state index contributed by atoms with van der Waals surface area (Å²) in [5, 5.41) is 22.6. The Labute approximate surface area is 142 Å². The van der Waals surface area contributed by atoms with Crippen LogP contribution in [0.5, 0.6) is 0 Å². The lowest BCUT2D eigenvalue weighted by atomic mass is 9.97. The Morgan fingerprint density at radius 3 is 2.92 bits per heavy atom. The van der Waals surface area contributed by atoms with Gasteiger partial charge >= 0.3 is 0 Å². The number of halogens is 1. The molecule has 4 rings (SSSR count). The van der Waals surface area contributed by atoms with Gasteiger partial charge in [-0.05, 0) is 12.8 Å². The highest BCUT2D eigenvalue weighted by Crippen LogP contribution is 2.42. The molecule has 3 heterocycles. The van der Waals surface area contributed by atoms with Crippen LogP contribution in [0.4, 0.5) is 16.2 Å². The lowest BCUT2D eigenvalue weighted by Gasteiger charge is -2.23. The molecule has 1 aliphatic heterocycles. The van der Waals surface area contributed by atoms with Crippen LogP contribution in [-0.2, 0) is 4.74 Å². The van der Waals surface area contributed by atoms with Crippen molar-refractivity contribution in [1.29, 1.82) is 0 Å². The van der Waals surface area contributed by atoms with Crippen LogP contribution >= 0.6 is 0 Å². The lowest BCUT2D eigenvalue weighted by Crippen LogP contribution is -2.42. The number of anilines is 2. The van der Waals surface area contributed by atoms with Crippen molar-refractivity contribution < 1.29 is 19.3 Å². The van der Waals surface area contributed by atoms with Crippen LogP contribution in [0.25, 0.3) is 11.2 Å². The summed E-state index contributed by atoms with van der Waals surface area (Å²) in [5.74, 6) is 2.37. The van der Waals surface area contributed by atoms with Gasteiger partial charge in [-0.15, -0.1) is 6.42 Å². The molecule has 132 valence electrons. The van der Waals surface area contributed by atoms with Crippen LogP contribution in [0.2, 0.25) is 0 Å². The van der Waals surface area contributed by atoms with E-state index >= 15 is 4.39 Å².